The van der Waals surface area contributed by atoms with Gasteiger partial charge >= 0.3 is 5.97 Å². The number of hydrogen-bond donors (Lipinski definition) is 1. The van der Waals surface area contributed by atoms with Gasteiger partial charge in [-0.1, -0.05) is 0 Å². The second-order valence-corrected chi connectivity index (χ2v) is 5.67. The summed E-state index contributed by atoms with van der Waals surface area (Å²) in [6.45, 7) is 6.60. The zero-order chi connectivity index (χ0) is 12.4. The van der Waals surface area contributed by atoms with E-state index < -0.39 is 5.97 Å². The van der Waals surface area contributed by atoms with Gasteiger partial charge in [-0.25, -0.2) is 9.78 Å². The molecule has 1 fully saturated rings. The van der Waals surface area contributed by atoms with Gasteiger partial charge in [-0.2, -0.15) is 0 Å². The molecule has 0 spiro atoms. The van der Waals surface area contributed by atoms with Crippen LogP contribution < -0.4 is 0 Å². The zero-order valence-electron chi connectivity index (χ0n) is 10.2. The molecule has 4 nitrogen and oxygen atoms in total. The van der Waals surface area contributed by atoms with E-state index >= 15 is 0 Å². The number of aromatic carboxylic acids is 1. The molecule has 17 heavy (non-hydrogen) atoms. The summed E-state index contributed by atoms with van der Waals surface area (Å²) in [5.74, 6) is -0.477. The van der Waals surface area contributed by atoms with Crippen molar-refractivity contribution in [3.63, 3.8) is 0 Å². The summed E-state index contributed by atoms with van der Waals surface area (Å²) >= 11 is 1.48. The summed E-state index contributed by atoms with van der Waals surface area (Å²) in [7, 11) is 0. The summed E-state index contributed by atoms with van der Waals surface area (Å²) in [5.41, 5.74) is 0.191. The molecule has 2 heterocycles. The van der Waals surface area contributed by atoms with Crippen molar-refractivity contribution in [1.29, 1.82) is 0 Å². The Labute approximate surface area is 105 Å². The van der Waals surface area contributed by atoms with E-state index in [1.165, 1.54) is 11.3 Å². The molecule has 0 saturated carbocycles. The van der Waals surface area contributed by atoms with Crippen LogP contribution >= 0.6 is 11.3 Å². The van der Waals surface area contributed by atoms with E-state index in [0.717, 1.165) is 30.9 Å². The molecule has 1 aliphatic rings. The quantitative estimate of drug-likeness (QED) is 0.900. The van der Waals surface area contributed by atoms with Crippen LogP contribution in [0.5, 0.6) is 0 Å². The first-order valence-corrected chi connectivity index (χ1v) is 6.88. The van der Waals surface area contributed by atoms with Crippen LogP contribution in [0.2, 0.25) is 0 Å². The highest BCUT2D eigenvalue weighted by Crippen LogP contribution is 2.30. The third-order valence-electron chi connectivity index (χ3n) is 3.35. The molecule has 0 aromatic carbocycles. The monoisotopic (exact) mass is 254 g/mol. The second-order valence-electron chi connectivity index (χ2n) is 4.78. The molecule has 0 radical (unpaired) electrons. The van der Waals surface area contributed by atoms with E-state index in [9.17, 15) is 4.79 Å². The van der Waals surface area contributed by atoms with Crippen molar-refractivity contribution in [2.24, 2.45) is 0 Å². The molecule has 1 aromatic rings. The van der Waals surface area contributed by atoms with Crippen LogP contribution in [0.4, 0.5) is 0 Å². The number of carboxylic acids is 1. The highest BCUT2D eigenvalue weighted by molar-refractivity contribution is 7.09. The van der Waals surface area contributed by atoms with Gasteiger partial charge in [0.25, 0.3) is 0 Å². The minimum atomic E-state index is -0.924. The van der Waals surface area contributed by atoms with Gasteiger partial charge in [0.2, 0.25) is 0 Å². The Morgan fingerprint density at radius 3 is 2.65 bits per heavy atom. The molecule has 1 aliphatic heterocycles. The van der Waals surface area contributed by atoms with Gasteiger partial charge in [-0.05, 0) is 39.8 Å². The molecule has 1 N–H and O–H groups in total. The lowest BCUT2D eigenvalue weighted by molar-refractivity contribution is 0.0691. The number of hydrogen-bond acceptors (Lipinski definition) is 4. The minimum absolute atomic E-state index is 0.191. The highest BCUT2D eigenvalue weighted by Gasteiger charge is 2.24. The molecular formula is C12H18N2O2S. The van der Waals surface area contributed by atoms with E-state index in [1.807, 2.05) is 0 Å². The summed E-state index contributed by atoms with van der Waals surface area (Å²) in [4.78, 5) is 17.4. The number of thiazole rings is 1. The van der Waals surface area contributed by atoms with E-state index in [4.69, 9.17) is 5.11 Å². The molecule has 0 bridgehead atoms. The summed E-state index contributed by atoms with van der Waals surface area (Å²) < 4.78 is 0. The first kappa shape index (κ1) is 12.5. The molecule has 0 aliphatic carbocycles. The largest absolute Gasteiger partial charge is 0.476 e. The maximum Gasteiger partial charge on any atom is 0.355 e. The van der Waals surface area contributed by atoms with E-state index in [0.29, 0.717) is 12.0 Å². The smallest absolute Gasteiger partial charge is 0.355 e. The molecule has 2 rings (SSSR count). The Bertz CT molecular complexity index is 395. The molecule has 0 amide bonds. The average molecular weight is 254 g/mol. The maximum atomic E-state index is 10.8. The van der Waals surface area contributed by atoms with E-state index in [-0.39, 0.29) is 5.69 Å². The Hall–Kier alpha value is -0.940. The highest BCUT2D eigenvalue weighted by atomic mass is 32.1. The predicted octanol–water partition coefficient (Wildman–Crippen LogP) is 2.43. The van der Waals surface area contributed by atoms with Gasteiger partial charge in [0.05, 0.1) is 5.01 Å². The standard InChI is InChI=1S/C12H18N2O2S/c1-8(2)14-5-3-9(4-6-14)11-13-10(7-17-11)12(15)16/h7-9H,3-6H2,1-2H3,(H,15,16). The molecule has 5 heteroatoms. The Kier molecular flexibility index (Phi) is 3.79. The van der Waals surface area contributed by atoms with Crippen LogP contribution in [0.1, 0.15) is 48.1 Å². The summed E-state index contributed by atoms with van der Waals surface area (Å²) in [5, 5.41) is 11.5. The van der Waals surface area contributed by atoms with Crippen LogP contribution in [0.15, 0.2) is 5.38 Å². The number of rotatable bonds is 3. The number of carbonyl (C=O) groups is 1. The van der Waals surface area contributed by atoms with Crippen molar-refractivity contribution in [1.82, 2.24) is 9.88 Å². The SMILES string of the molecule is CC(C)N1CCC(c2nc(C(=O)O)cs2)CC1. The van der Waals surface area contributed by atoms with Crippen molar-refractivity contribution in [2.75, 3.05) is 13.1 Å². The minimum Gasteiger partial charge on any atom is -0.476 e. The topological polar surface area (TPSA) is 53.4 Å². The Morgan fingerprint density at radius 1 is 1.53 bits per heavy atom. The number of nitrogens with zero attached hydrogens (tertiary/aromatic N) is 2. The predicted molar refractivity (Wildman–Crippen MR) is 67.8 cm³/mol. The Morgan fingerprint density at radius 2 is 2.18 bits per heavy atom. The van der Waals surface area contributed by atoms with Gasteiger partial charge in [0, 0.05) is 17.3 Å². The fourth-order valence-electron chi connectivity index (χ4n) is 2.24. The molecule has 1 aromatic heterocycles. The molecule has 94 valence electrons. The molecule has 0 atom stereocenters. The number of aromatic nitrogens is 1. The van der Waals surface area contributed by atoms with Crippen LogP contribution in [0, 0.1) is 0 Å². The van der Waals surface area contributed by atoms with Crippen molar-refractivity contribution >= 4 is 17.3 Å². The lowest BCUT2D eigenvalue weighted by Crippen LogP contribution is -2.37. The van der Waals surface area contributed by atoms with Gasteiger partial charge in [-0.15, -0.1) is 11.3 Å². The summed E-state index contributed by atoms with van der Waals surface area (Å²) in [6.07, 6.45) is 2.18. The second kappa shape index (κ2) is 5.14. The van der Waals surface area contributed by atoms with E-state index in [1.54, 1.807) is 5.38 Å². The third-order valence-corrected chi connectivity index (χ3v) is 4.36. The van der Waals surface area contributed by atoms with Crippen LogP contribution in [0.3, 0.4) is 0 Å². The zero-order valence-corrected chi connectivity index (χ0v) is 11.0. The van der Waals surface area contributed by atoms with Gasteiger partial charge < -0.3 is 10.0 Å². The van der Waals surface area contributed by atoms with Crippen LogP contribution in [-0.2, 0) is 0 Å². The van der Waals surface area contributed by atoms with Crippen molar-refractivity contribution in [3.05, 3.63) is 16.1 Å². The molecule has 1 saturated heterocycles. The maximum absolute atomic E-state index is 10.8. The van der Waals surface area contributed by atoms with Crippen molar-refractivity contribution in [3.8, 4) is 0 Å². The first-order chi connectivity index (χ1) is 8.08. The number of carboxylic acid groups (broad SMARTS) is 1. The van der Waals surface area contributed by atoms with Crippen molar-refractivity contribution < 1.29 is 9.90 Å². The third kappa shape index (κ3) is 2.84. The lowest BCUT2D eigenvalue weighted by atomic mass is 9.97. The fourth-order valence-corrected chi connectivity index (χ4v) is 3.20. The van der Waals surface area contributed by atoms with Gasteiger partial charge in [-0.3, -0.25) is 0 Å². The number of piperidine rings is 1. The van der Waals surface area contributed by atoms with Gasteiger partial charge in [0.1, 0.15) is 0 Å². The fraction of sp³-hybridized carbons (Fsp3) is 0.667. The van der Waals surface area contributed by atoms with Crippen LogP contribution in [0.25, 0.3) is 0 Å². The average Bonchev–Trinajstić information content (AvgIpc) is 2.78. The lowest BCUT2D eigenvalue weighted by Gasteiger charge is -2.33. The summed E-state index contributed by atoms with van der Waals surface area (Å²) in [6, 6.07) is 0.599. The normalized spacial score (nSPS) is 18.8. The number of likely N-dealkylation sites (tertiary alicyclic amines) is 1. The van der Waals surface area contributed by atoms with Gasteiger partial charge in [0.15, 0.2) is 5.69 Å². The molecule has 0 unspecified atom stereocenters. The Balaban J connectivity index is 1.98. The van der Waals surface area contributed by atoms with Crippen LogP contribution in [-0.4, -0.2) is 40.1 Å². The van der Waals surface area contributed by atoms with E-state index in [2.05, 4.69) is 23.7 Å². The first-order valence-electron chi connectivity index (χ1n) is 6.00. The molecular weight excluding hydrogens is 236 g/mol. The van der Waals surface area contributed by atoms with Crippen molar-refractivity contribution in [2.45, 2.75) is 38.6 Å².